The maximum absolute atomic E-state index is 13.7. The first-order valence-corrected chi connectivity index (χ1v) is 12.1. The molecule has 0 saturated heterocycles. The van der Waals surface area contributed by atoms with Crippen molar-refractivity contribution in [3.05, 3.63) is 71.4 Å². The molecule has 0 spiro atoms. The van der Waals surface area contributed by atoms with Gasteiger partial charge in [-0.05, 0) is 73.5 Å². The zero-order chi connectivity index (χ0) is 23.3. The Morgan fingerprint density at radius 2 is 1.31 bits per heavy atom. The van der Waals surface area contributed by atoms with E-state index < -0.39 is 11.8 Å². The highest BCUT2D eigenvalue weighted by Gasteiger charge is 2.31. The fraction of sp³-hybridized carbons (Fsp3) is 0.208. The first kappa shape index (κ1) is 23.7. The number of anilines is 1. The summed E-state index contributed by atoms with van der Waals surface area (Å²) in [4.78, 5) is 34.7. The van der Waals surface area contributed by atoms with Gasteiger partial charge in [-0.1, -0.05) is 0 Å². The SMILES string of the molecule is COc1cc(SC)ccc1C(=O)N(C(=O)c1ccc(SC)cc1OC)c1cc(C)ccn1. The average Bonchev–Trinajstić information content (AvgIpc) is 2.83. The van der Waals surface area contributed by atoms with Gasteiger partial charge in [0.2, 0.25) is 0 Å². The number of hydrogen-bond donors (Lipinski definition) is 0. The number of hydrogen-bond acceptors (Lipinski definition) is 7. The molecule has 0 radical (unpaired) electrons. The quantitative estimate of drug-likeness (QED) is 0.342. The van der Waals surface area contributed by atoms with Gasteiger partial charge in [-0.15, -0.1) is 23.5 Å². The molecule has 6 nitrogen and oxygen atoms in total. The van der Waals surface area contributed by atoms with Crippen molar-refractivity contribution in [1.82, 2.24) is 4.98 Å². The van der Waals surface area contributed by atoms with Gasteiger partial charge in [0.05, 0.1) is 25.3 Å². The summed E-state index contributed by atoms with van der Waals surface area (Å²) in [5.41, 5.74) is 1.40. The fourth-order valence-corrected chi connectivity index (χ4v) is 3.99. The van der Waals surface area contributed by atoms with Crippen molar-refractivity contribution in [2.45, 2.75) is 16.7 Å². The number of nitrogens with zero attached hydrogens (tertiary/aromatic N) is 2. The van der Waals surface area contributed by atoms with E-state index in [1.54, 1.807) is 42.6 Å². The minimum absolute atomic E-state index is 0.229. The van der Waals surface area contributed by atoms with Crippen LogP contribution in [-0.2, 0) is 0 Å². The smallest absolute Gasteiger partial charge is 0.270 e. The summed E-state index contributed by atoms with van der Waals surface area (Å²) in [5.74, 6) is -0.0665. The van der Waals surface area contributed by atoms with Gasteiger partial charge in [0.15, 0.2) is 0 Å². The Kier molecular flexibility index (Phi) is 7.82. The van der Waals surface area contributed by atoms with Crippen LogP contribution in [-0.4, -0.2) is 43.5 Å². The van der Waals surface area contributed by atoms with Gasteiger partial charge in [0.25, 0.3) is 11.8 Å². The molecule has 0 fully saturated rings. The van der Waals surface area contributed by atoms with E-state index >= 15 is 0 Å². The summed E-state index contributed by atoms with van der Waals surface area (Å²) in [7, 11) is 2.99. The van der Waals surface area contributed by atoms with E-state index in [4.69, 9.17) is 9.47 Å². The van der Waals surface area contributed by atoms with Gasteiger partial charge in [-0.3, -0.25) is 9.59 Å². The summed E-state index contributed by atoms with van der Waals surface area (Å²) < 4.78 is 10.9. The van der Waals surface area contributed by atoms with Crippen LogP contribution in [0.4, 0.5) is 5.82 Å². The zero-order valence-corrected chi connectivity index (χ0v) is 20.2. The van der Waals surface area contributed by atoms with Crippen LogP contribution >= 0.6 is 23.5 Å². The van der Waals surface area contributed by atoms with Crippen LogP contribution in [0.5, 0.6) is 11.5 Å². The van der Waals surface area contributed by atoms with E-state index in [1.807, 2.05) is 31.6 Å². The van der Waals surface area contributed by atoms with Gasteiger partial charge < -0.3 is 9.47 Å². The standard InChI is InChI=1S/C24H24N2O4S2/c1-15-10-11-25-22(12-15)26(23(27)18-8-6-16(31-4)13-20(18)29-2)24(28)19-9-7-17(32-5)14-21(19)30-3/h6-14H,1-5H3. The molecule has 1 aromatic heterocycles. The number of pyridine rings is 1. The molecule has 1 heterocycles. The van der Waals surface area contributed by atoms with Gasteiger partial charge >= 0.3 is 0 Å². The van der Waals surface area contributed by atoms with E-state index in [-0.39, 0.29) is 16.9 Å². The van der Waals surface area contributed by atoms with E-state index in [0.29, 0.717) is 11.5 Å². The van der Waals surface area contributed by atoms with Gasteiger partial charge in [0.1, 0.15) is 17.3 Å². The van der Waals surface area contributed by atoms with Crippen molar-refractivity contribution >= 4 is 41.2 Å². The number of amides is 2. The van der Waals surface area contributed by atoms with Gasteiger partial charge in [0, 0.05) is 16.0 Å². The Balaban J connectivity index is 2.16. The molecule has 0 saturated carbocycles. The molecule has 2 aromatic carbocycles. The molecule has 0 aliphatic carbocycles. The number of thioether (sulfide) groups is 2. The minimum Gasteiger partial charge on any atom is -0.496 e. The highest BCUT2D eigenvalue weighted by molar-refractivity contribution is 7.98. The van der Waals surface area contributed by atoms with Crippen molar-refractivity contribution < 1.29 is 19.1 Å². The third kappa shape index (κ3) is 4.92. The second kappa shape index (κ2) is 10.6. The first-order chi connectivity index (χ1) is 15.4. The lowest BCUT2D eigenvalue weighted by atomic mass is 10.1. The van der Waals surface area contributed by atoms with Crippen LogP contribution in [0, 0.1) is 6.92 Å². The zero-order valence-electron chi connectivity index (χ0n) is 18.5. The summed E-state index contributed by atoms with van der Waals surface area (Å²) in [6.07, 6.45) is 5.45. The lowest BCUT2D eigenvalue weighted by molar-refractivity contribution is 0.0893. The molecular formula is C24H24N2O4S2. The number of methoxy groups -OCH3 is 2. The molecule has 0 aliphatic rings. The number of rotatable bonds is 7. The lowest BCUT2D eigenvalue weighted by Gasteiger charge is -2.22. The van der Waals surface area contributed by atoms with Gasteiger partial charge in [-0.25, -0.2) is 9.88 Å². The summed E-state index contributed by atoms with van der Waals surface area (Å²) >= 11 is 3.07. The molecule has 2 amide bonds. The first-order valence-electron chi connectivity index (χ1n) is 9.69. The van der Waals surface area contributed by atoms with Crippen LogP contribution in [0.25, 0.3) is 0 Å². The highest BCUT2D eigenvalue weighted by atomic mass is 32.2. The molecule has 0 unspecified atom stereocenters. The van der Waals surface area contributed by atoms with Crippen LogP contribution in [0.15, 0.2) is 64.5 Å². The van der Waals surface area contributed by atoms with Crippen molar-refractivity contribution in [2.24, 2.45) is 0 Å². The van der Waals surface area contributed by atoms with E-state index in [1.165, 1.54) is 37.7 Å². The molecule has 8 heteroatoms. The van der Waals surface area contributed by atoms with Gasteiger partial charge in [-0.2, -0.15) is 0 Å². The van der Waals surface area contributed by atoms with Crippen LogP contribution in [0.3, 0.4) is 0 Å². The summed E-state index contributed by atoms with van der Waals surface area (Å²) in [6.45, 7) is 1.88. The third-order valence-corrected chi connectivity index (χ3v) is 6.27. The van der Waals surface area contributed by atoms with Crippen LogP contribution < -0.4 is 14.4 Å². The highest BCUT2D eigenvalue weighted by Crippen LogP contribution is 2.31. The number of carbonyl (C=O) groups excluding carboxylic acids is 2. The normalized spacial score (nSPS) is 10.5. The predicted molar refractivity (Wildman–Crippen MR) is 130 cm³/mol. The number of carbonyl (C=O) groups is 2. The molecule has 3 aromatic rings. The molecule has 3 rings (SSSR count). The van der Waals surface area contributed by atoms with E-state index in [0.717, 1.165) is 20.3 Å². The Bertz CT molecular complexity index is 1080. The van der Waals surface area contributed by atoms with Crippen molar-refractivity contribution in [2.75, 3.05) is 31.6 Å². The van der Waals surface area contributed by atoms with E-state index in [2.05, 4.69) is 4.98 Å². The van der Waals surface area contributed by atoms with Crippen LogP contribution in [0.1, 0.15) is 26.3 Å². The largest absolute Gasteiger partial charge is 0.496 e. The molecule has 0 aliphatic heterocycles. The Morgan fingerprint density at radius 3 is 1.72 bits per heavy atom. The Hall–Kier alpha value is -2.97. The number of imide groups is 1. The topological polar surface area (TPSA) is 68.7 Å². The molecule has 0 N–H and O–H groups in total. The molecule has 32 heavy (non-hydrogen) atoms. The summed E-state index contributed by atoms with van der Waals surface area (Å²) in [6, 6.07) is 14.0. The number of aryl methyl sites for hydroxylation is 1. The Labute approximate surface area is 196 Å². The predicted octanol–water partition coefficient (Wildman–Crippen LogP) is 5.34. The van der Waals surface area contributed by atoms with Crippen molar-refractivity contribution in [1.29, 1.82) is 0 Å². The monoisotopic (exact) mass is 468 g/mol. The van der Waals surface area contributed by atoms with E-state index in [9.17, 15) is 9.59 Å². The number of aromatic nitrogens is 1. The summed E-state index contributed by atoms with van der Waals surface area (Å²) in [5, 5.41) is 0. The maximum Gasteiger partial charge on any atom is 0.270 e. The molecular weight excluding hydrogens is 444 g/mol. The Morgan fingerprint density at radius 1 is 0.812 bits per heavy atom. The second-order valence-corrected chi connectivity index (χ2v) is 8.53. The molecule has 166 valence electrons. The number of benzene rings is 2. The lowest BCUT2D eigenvalue weighted by Crippen LogP contribution is -2.38. The van der Waals surface area contributed by atoms with Crippen molar-refractivity contribution in [3.8, 4) is 11.5 Å². The van der Waals surface area contributed by atoms with Crippen molar-refractivity contribution in [3.63, 3.8) is 0 Å². The van der Waals surface area contributed by atoms with Crippen LogP contribution in [0.2, 0.25) is 0 Å². The number of ether oxygens (including phenoxy) is 2. The second-order valence-electron chi connectivity index (χ2n) is 6.77. The molecule has 0 atom stereocenters. The maximum atomic E-state index is 13.7. The minimum atomic E-state index is -0.534. The average molecular weight is 469 g/mol. The molecule has 0 bridgehead atoms. The third-order valence-electron chi connectivity index (χ3n) is 4.81. The fourth-order valence-electron chi connectivity index (χ4n) is 3.13.